The molecule has 3 rings (SSSR count). The topological polar surface area (TPSA) is 62.1 Å². The van der Waals surface area contributed by atoms with Gasteiger partial charge in [-0.05, 0) is 54.1 Å². The van der Waals surface area contributed by atoms with E-state index in [0.29, 0.717) is 28.6 Å². The Bertz CT molecular complexity index is 1090. The summed E-state index contributed by atoms with van der Waals surface area (Å²) in [4.78, 5) is 12.4. The maximum absolute atomic E-state index is 12.4. The molecule has 3 aromatic rings. The summed E-state index contributed by atoms with van der Waals surface area (Å²) < 4.78 is 6.70. The van der Waals surface area contributed by atoms with E-state index < -0.39 is 5.91 Å². The molecule has 0 saturated carbocycles. The summed E-state index contributed by atoms with van der Waals surface area (Å²) in [6, 6.07) is 23.7. The van der Waals surface area contributed by atoms with Crippen molar-refractivity contribution >= 4 is 45.2 Å². The van der Waals surface area contributed by atoms with Crippen molar-refractivity contribution < 1.29 is 9.53 Å². The van der Waals surface area contributed by atoms with E-state index in [-0.39, 0.29) is 5.57 Å². The van der Waals surface area contributed by atoms with E-state index in [1.807, 2.05) is 48.5 Å². The van der Waals surface area contributed by atoms with Crippen molar-refractivity contribution in [2.75, 3.05) is 5.32 Å². The number of rotatable bonds is 6. The van der Waals surface area contributed by atoms with Gasteiger partial charge in [0.2, 0.25) is 0 Å². The lowest BCUT2D eigenvalue weighted by atomic mass is 10.1. The molecule has 0 unspecified atom stereocenters. The minimum atomic E-state index is -0.475. The van der Waals surface area contributed by atoms with Crippen LogP contribution in [0, 0.1) is 11.3 Å². The van der Waals surface area contributed by atoms with Gasteiger partial charge in [-0.25, -0.2) is 0 Å². The van der Waals surface area contributed by atoms with Crippen molar-refractivity contribution in [3.05, 3.63) is 99.0 Å². The molecule has 0 atom stereocenters. The predicted molar refractivity (Wildman–Crippen MR) is 119 cm³/mol. The number of ether oxygens (including phenoxy) is 1. The number of hydrogen-bond donors (Lipinski definition) is 1. The molecular weight excluding hydrogens is 452 g/mol. The van der Waals surface area contributed by atoms with Gasteiger partial charge in [0, 0.05) is 20.7 Å². The van der Waals surface area contributed by atoms with Gasteiger partial charge in [-0.1, -0.05) is 57.9 Å². The standard InChI is InChI=1S/C23H16BrClN2O2/c24-19-8-10-20(11-9-19)27-23(28)18(14-26)12-16-4-3-6-21(13-16)29-15-17-5-1-2-7-22(17)25/h1-13H,15H2,(H,27,28)/b18-12+. The molecule has 3 aromatic carbocycles. The van der Waals surface area contributed by atoms with Crippen molar-refractivity contribution in [1.82, 2.24) is 0 Å². The van der Waals surface area contributed by atoms with E-state index in [4.69, 9.17) is 16.3 Å². The Hall–Kier alpha value is -3.07. The van der Waals surface area contributed by atoms with E-state index in [0.717, 1.165) is 10.0 Å². The molecule has 0 aliphatic carbocycles. The van der Waals surface area contributed by atoms with Crippen molar-refractivity contribution in [3.63, 3.8) is 0 Å². The summed E-state index contributed by atoms with van der Waals surface area (Å²) in [5, 5.41) is 12.7. The number of nitrogens with one attached hydrogen (secondary N) is 1. The molecule has 1 N–H and O–H groups in total. The molecule has 0 saturated heterocycles. The number of carbonyl (C=O) groups is 1. The van der Waals surface area contributed by atoms with Crippen LogP contribution in [0.3, 0.4) is 0 Å². The van der Waals surface area contributed by atoms with E-state index in [1.165, 1.54) is 6.08 Å². The number of nitrogens with zero attached hydrogens (tertiary/aromatic N) is 1. The highest BCUT2D eigenvalue weighted by molar-refractivity contribution is 9.10. The third-order valence-electron chi connectivity index (χ3n) is 3.99. The van der Waals surface area contributed by atoms with E-state index >= 15 is 0 Å². The Kier molecular flexibility index (Phi) is 7.07. The maximum atomic E-state index is 12.4. The van der Waals surface area contributed by atoms with Crippen molar-refractivity contribution in [2.24, 2.45) is 0 Å². The lowest BCUT2D eigenvalue weighted by Crippen LogP contribution is -2.13. The molecule has 0 aliphatic rings. The summed E-state index contributed by atoms with van der Waals surface area (Å²) in [7, 11) is 0. The number of carbonyl (C=O) groups excluding carboxylic acids is 1. The number of nitriles is 1. The fourth-order valence-corrected chi connectivity index (χ4v) is 2.97. The van der Waals surface area contributed by atoms with Gasteiger partial charge >= 0.3 is 0 Å². The van der Waals surface area contributed by atoms with Gasteiger partial charge in [0.15, 0.2) is 0 Å². The van der Waals surface area contributed by atoms with Gasteiger partial charge in [0.05, 0.1) is 0 Å². The first kappa shape index (κ1) is 20.7. The third kappa shape index (κ3) is 5.95. The Morgan fingerprint density at radius 2 is 1.86 bits per heavy atom. The van der Waals surface area contributed by atoms with Crippen molar-refractivity contribution in [3.8, 4) is 11.8 Å². The van der Waals surface area contributed by atoms with Crippen LogP contribution in [0.25, 0.3) is 6.08 Å². The van der Waals surface area contributed by atoms with Crippen LogP contribution in [-0.2, 0) is 11.4 Å². The first-order valence-electron chi connectivity index (χ1n) is 8.70. The molecule has 0 spiro atoms. The second kappa shape index (κ2) is 9.92. The SMILES string of the molecule is N#C/C(=C\c1cccc(OCc2ccccc2Cl)c1)C(=O)Nc1ccc(Br)cc1. The Morgan fingerprint density at radius 3 is 2.59 bits per heavy atom. The molecule has 144 valence electrons. The minimum absolute atomic E-state index is 0.00354. The highest BCUT2D eigenvalue weighted by Crippen LogP contribution is 2.21. The molecule has 4 nitrogen and oxygen atoms in total. The molecule has 0 aromatic heterocycles. The molecule has 0 heterocycles. The maximum Gasteiger partial charge on any atom is 0.266 e. The largest absolute Gasteiger partial charge is 0.489 e. The molecular formula is C23H16BrClN2O2. The summed E-state index contributed by atoms with van der Waals surface area (Å²) in [6.45, 7) is 0.321. The van der Waals surface area contributed by atoms with Crippen molar-refractivity contribution in [2.45, 2.75) is 6.61 Å². The van der Waals surface area contributed by atoms with Gasteiger partial charge in [-0.15, -0.1) is 0 Å². The van der Waals surface area contributed by atoms with E-state index in [1.54, 1.807) is 30.3 Å². The fraction of sp³-hybridized carbons (Fsp3) is 0.0435. The molecule has 1 amide bonds. The number of halogens is 2. The molecule has 0 aliphatic heterocycles. The minimum Gasteiger partial charge on any atom is -0.489 e. The Balaban J connectivity index is 1.71. The first-order valence-corrected chi connectivity index (χ1v) is 9.87. The van der Waals surface area contributed by atoms with E-state index in [2.05, 4.69) is 21.2 Å². The average Bonchev–Trinajstić information content (AvgIpc) is 2.73. The average molecular weight is 468 g/mol. The highest BCUT2D eigenvalue weighted by atomic mass is 79.9. The first-order chi connectivity index (χ1) is 14.0. The van der Waals surface area contributed by atoms with Gasteiger partial charge in [0.25, 0.3) is 5.91 Å². The zero-order valence-corrected chi connectivity index (χ0v) is 17.6. The smallest absolute Gasteiger partial charge is 0.266 e. The zero-order chi connectivity index (χ0) is 20.6. The molecule has 29 heavy (non-hydrogen) atoms. The van der Waals surface area contributed by atoms with Crippen LogP contribution in [0.2, 0.25) is 5.02 Å². The number of hydrogen-bond acceptors (Lipinski definition) is 3. The van der Waals surface area contributed by atoms with Gasteiger partial charge < -0.3 is 10.1 Å². The normalized spacial score (nSPS) is 10.9. The van der Waals surface area contributed by atoms with Crippen LogP contribution in [-0.4, -0.2) is 5.91 Å². The van der Waals surface area contributed by atoms with Crippen LogP contribution in [0.5, 0.6) is 5.75 Å². The van der Waals surface area contributed by atoms with Crippen LogP contribution in [0.1, 0.15) is 11.1 Å². The second-order valence-electron chi connectivity index (χ2n) is 6.08. The van der Waals surface area contributed by atoms with Gasteiger partial charge in [0.1, 0.15) is 24.0 Å². The van der Waals surface area contributed by atoms with Crippen LogP contribution >= 0.6 is 27.5 Å². The quantitative estimate of drug-likeness (QED) is 0.345. The van der Waals surface area contributed by atoms with Gasteiger partial charge in [-0.3, -0.25) is 4.79 Å². The van der Waals surface area contributed by atoms with Gasteiger partial charge in [-0.2, -0.15) is 5.26 Å². The Morgan fingerprint density at radius 1 is 1.10 bits per heavy atom. The molecule has 0 radical (unpaired) electrons. The van der Waals surface area contributed by atoms with Crippen molar-refractivity contribution in [1.29, 1.82) is 5.26 Å². The molecule has 0 bridgehead atoms. The third-order valence-corrected chi connectivity index (χ3v) is 4.89. The molecule has 0 fully saturated rings. The summed E-state index contributed by atoms with van der Waals surface area (Å²) in [5.41, 5.74) is 2.17. The van der Waals surface area contributed by atoms with Crippen LogP contribution in [0.4, 0.5) is 5.69 Å². The predicted octanol–water partition coefficient (Wildman–Crippen LogP) is 6.23. The monoisotopic (exact) mass is 466 g/mol. The van der Waals surface area contributed by atoms with Crippen LogP contribution in [0.15, 0.2) is 82.8 Å². The molecule has 6 heteroatoms. The second-order valence-corrected chi connectivity index (χ2v) is 7.41. The summed E-state index contributed by atoms with van der Waals surface area (Å²) in [6.07, 6.45) is 1.52. The zero-order valence-electron chi connectivity index (χ0n) is 15.2. The lowest BCUT2D eigenvalue weighted by molar-refractivity contribution is -0.112. The fourth-order valence-electron chi connectivity index (χ4n) is 2.52. The summed E-state index contributed by atoms with van der Waals surface area (Å²) in [5.74, 6) is 0.140. The number of anilines is 1. The highest BCUT2D eigenvalue weighted by Gasteiger charge is 2.10. The van der Waals surface area contributed by atoms with Crippen LogP contribution < -0.4 is 10.1 Å². The number of benzene rings is 3. The van der Waals surface area contributed by atoms with E-state index in [9.17, 15) is 10.1 Å². The summed E-state index contributed by atoms with van der Waals surface area (Å²) >= 11 is 9.49. The Labute approximate surface area is 182 Å². The number of amides is 1. The lowest BCUT2D eigenvalue weighted by Gasteiger charge is -2.08.